The molecule has 0 N–H and O–H groups in total. The summed E-state index contributed by atoms with van der Waals surface area (Å²) in [5.41, 5.74) is -0.482. The molecule has 0 aliphatic rings. The minimum Gasteiger partial charge on any atom is -0.296 e. The van der Waals surface area contributed by atoms with E-state index in [4.69, 9.17) is 0 Å². The van der Waals surface area contributed by atoms with Gasteiger partial charge in [-0.25, -0.2) is 13.2 Å². The maximum Gasteiger partial charge on any atom is 0.221 e. The summed E-state index contributed by atoms with van der Waals surface area (Å²) in [5.74, 6) is -4.76. The van der Waals surface area contributed by atoms with E-state index < -0.39 is 40.9 Å². The van der Waals surface area contributed by atoms with Gasteiger partial charge in [-0.3, -0.25) is 9.59 Å². The summed E-state index contributed by atoms with van der Waals surface area (Å²) >= 11 is 0. The second kappa shape index (κ2) is 5.12. The summed E-state index contributed by atoms with van der Waals surface area (Å²) in [7, 11) is 0. The summed E-state index contributed by atoms with van der Waals surface area (Å²) in [6, 6.07) is 1.96. The molecule has 0 aromatic heterocycles. The van der Waals surface area contributed by atoms with Gasteiger partial charge < -0.3 is 0 Å². The molecule has 1 unspecified atom stereocenters. The highest BCUT2D eigenvalue weighted by molar-refractivity contribution is 6.13. The largest absolute Gasteiger partial charge is 0.296 e. The lowest BCUT2D eigenvalue weighted by atomic mass is 9.98. The van der Waals surface area contributed by atoms with Gasteiger partial charge in [0.2, 0.25) is 12.0 Å². The van der Waals surface area contributed by atoms with Crippen LogP contribution in [-0.4, -0.2) is 17.7 Å². The first-order valence-electron chi connectivity index (χ1n) is 5.01. The SMILES string of the molecule is CC(C)C(=O)C(F)C(=O)c1cc(F)cc(F)c1. The summed E-state index contributed by atoms with van der Waals surface area (Å²) in [5, 5.41) is 0. The van der Waals surface area contributed by atoms with Crippen LogP contribution in [-0.2, 0) is 4.79 Å². The van der Waals surface area contributed by atoms with Gasteiger partial charge in [-0.1, -0.05) is 13.8 Å². The second-order valence-corrected chi connectivity index (χ2v) is 3.94. The van der Waals surface area contributed by atoms with Crippen molar-refractivity contribution in [1.29, 1.82) is 0 Å². The van der Waals surface area contributed by atoms with E-state index in [2.05, 4.69) is 0 Å². The van der Waals surface area contributed by atoms with Gasteiger partial charge in [0.05, 0.1) is 0 Å². The van der Waals surface area contributed by atoms with E-state index in [1.165, 1.54) is 13.8 Å². The average Bonchev–Trinajstić information content (AvgIpc) is 2.24. The first-order chi connectivity index (χ1) is 7.82. The topological polar surface area (TPSA) is 34.1 Å². The van der Waals surface area contributed by atoms with Crippen molar-refractivity contribution < 1.29 is 22.8 Å². The summed E-state index contributed by atoms with van der Waals surface area (Å²) in [4.78, 5) is 22.7. The number of rotatable bonds is 4. The molecule has 5 heteroatoms. The normalized spacial score (nSPS) is 12.6. The van der Waals surface area contributed by atoms with E-state index in [9.17, 15) is 22.8 Å². The van der Waals surface area contributed by atoms with E-state index in [-0.39, 0.29) is 0 Å². The highest BCUT2D eigenvalue weighted by Gasteiger charge is 2.29. The zero-order chi connectivity index (χ0) is 13.2. The smallest absolute Gasteiger partial charge is 0.221 e. The lowest BCUT2D eigenvalue weighted by molar-refractivity contribution is -0.125. The quantitative estimate of drug-likeness (QED) is 0.602. The Balaban J connectivity index is 3.00. The van der Waals surface area contributed by atoms with Crippen molar-refractivity contribution in [2.45, 2.75) is 20.0 Å². The molecule has 0 heterocycles. The predicted octanol–water partition coefficient (Wildman–Crippen LogP) is 2.71. The number of hydrogen-bond acceptors (Lipinski definition) is 2. The lowest BCUT2D eigenvalue weighted by Gasteiger charge is -2.09. The number of carbonyl (C=O) groups is 2. The van der Waals surface area contributed by atoms with Crippen LogP contribution >= 0.6 is 0 Å². The lowest BCUT2D eigenvalue weighted by Crippen LogP contribution is -2.29. The van der Waals surface area contributed by atoms with Crippen LogP contribution in [0.15, 0.2) is 18.2 Å². The molecule has 1 atom stereocenters. The fourth-order valence-corrected chi connectivity index (χ4v) is 1.26. The molecule has 17 heavy (non-hydrogen) atoms. The molecule has 1 rings (SSSR count). The Morgan fingerprint density at radius 2 is 1.53 bits per heavy atom. The molecule has 0 aliphatic heterocycles. The third kappa shape index (κ3) is 3.15. The Morgan fingerprint density at radius 3 is 1.94 bits per heavy atom. The number of halogens is 3. The van der Waals surface area contributed by atoms with E-state index in [0.717, 1.165) is 0 Å². The van der Waals surface area contributed by atoms with Gasteiger partial charge in [0.1, 0.15) is 11.6 Å². The number of Topliss-reactive ketones (excluding diaryl/α,β-unsaturated/α-hetero) is 2. The van der Waals surface area contributed by atoms with Gasteiger partial charge in [-0.15, -0.1) is 0 Å². The Hall–Kier alpha value is -1.65. The van der Waals surface area contributed by atoms with E-state index in [1.54, 1.807) is 0 Å². The minimum absolute atomic E-state index is 0.482. The highest BCUT2D eigenvalue weighted by Crippen LogP contribution is 2.14. The van der Waals surface area contributed by atoms with Gasteiger partial charge in [0.15, 0.2) is 5.78 Å². The van der Waals surface area contributed by atoms with Crippen molar-refractivity contribution in [3.63, 3.8) is 0 Å². The maximum absolute atomic E-state index is 13.4. The molecular weight excluding hydrogens is 233 g/mol. The number of hydrogen-bond donors (Lipinski definition) is 0. The average molecular weight is 244 g/mol. The molecule has 0 saturated carbocycles. The van der Waals surface area contributed by atoms with Crippen LogP contribution in [0.1, 0.15) is 24.2 Å². The summed E-state index contributed by atoms with van der Waals surface area (Å²) < 4.78 is 39.1. The molecule has 1 aromatic carbocycles. The molecule has 0 spiro atoms. The van der Waals surface area contributed by atoms with Gasteiger partial charge in [0.25, 0.3) is 0 Å². The van der Waals surface area contributed by atoms with Crippen molar-refractivity contribution in [3.05, 3.63) is 35.4 Å². The number of carbonyl (C=O) groups excluding carboxylic acids is 2. The second-order valence-electron chi connectivity index (χ2n) is 3.94. The molecular formula is C12H11F3O2. The van der Waals surface area contributed by atoms with Crippen LogP contribution in [0, 0.1) is 17.6 Å². The Bertz CT molecular complexity index is 435. The number of benzene rings is 1. The van der Waals surface area contributed by atoms with E-state index in [1.807, 2.05) is 0 Å². The monoisotopic (exact) mass is 244 g/mol. The minimum atomic E-state index is -2.38. The zero-order valence-electron chi connectivity index (χ0n) is 9.34. The maximum atomic E-state index is 13.4. The number of alkyl halides is 1. The molecule has 0 amide bonds. The zero-order valence-corrected chi connectivity index (χ0v) is 9.34. The third-order valence-corrected chi connectivity index (χ3v) is 2.20. The van der Waals surface area contributed by atoms with Gasteiger partial charge in [-0.05, 0) is 12.1 Å². The molecule has 0 aliphatic carbocycles. The van der Waals surface area contributed by atoms with Crippen LogP contribution in [0.5, 0.6) is 0 Å². The van der Waals surface area contributed by atoms with Crippen LogP contribution in [0.25, 0.3) is 0 Å². The van der Waals surface area contributed by atoms with Crippen molar-refractivity contribution in [2.75, 3.05) is 0 Å². The molecule has 0 saturated heterocycles. The molecule has 2 nitrogen and oxygen atoms in total. The summed E-state index contributed by atoms with van der Waals surface area (Å²) in [6.45, 7) is 2.88. The fraction of sp³-hybridized carbons (Fsp3) is 0.333. The Labute approximate surface area is 96.4 Å². The van der Waals surface area contributed by atoms with E-state index in [0.29, 0.717) is 18.2 Å². The van der Waals surface area contributed by atoms with Crippen LogP contribution in [0.4, 0.5) is 13.2 Å². The van der Waals surface area contributed by atoms with Crippen LogP contribution in [0.2, 0.25) is 0 Å². The first-order valence-corrected chi connectivity index (χ1v) is 5.01. The molecule has 0 radical (unpaired) electrons. The van der Waals surface area contributed by atoms with Crippen LogP contribution < -0.4 is 0 Å². The van der Waals surface area contributed by atoms with Crippen LogP contribution in [0.3, 0.4) is 0 Å². The predicted molar refractivity (Wildman–Crippen MR) is 55.4 cm³/mol. The third-order valence-electron chi connectivity index (χ3n) is 2.20. The molecule has 0 fully saturated rings. The van der Waals surface area contributed by atoms with E-state index >= 15 is 0 Å². The van der Waals surface area contributed by atoms with Gasteiger partial charge in [-0.2, -0.15) is 0 Å². The van der Waals surface area contributed by atoms with Crippen molar-refractivity contribution in [2.24, 2.45) is 5.92 Å². The standard InChI is InChI=1S/C12H11F3O2/c1-6(2)11(16)10(15)12(17)7-3-8(13)5-9(14)4-7/h3-6,10H,1-2H3. The van der Waals surface area contributed by atoms with Gasteiger partial charge in [0, 0.05) is 17.5 Å². The Morgan fingerprint density at radius 1 is 1.06 bits per heavy atom. The van der Waals surface area contributed by atoms with Crippen molar-refractivity contribution >= 4 is 11.6 Å². The molecule has 0 bridgehead atoms. The fourth-order valence-electron chi connectivity index (χ4n) is 1.26. The molecule has 1 aromatic rings. The van der Waals surface area contributed by atoms with Crippen molar-refractivity contribution in [1.82, 2.24) is 0 Å². The highest BCUT2D eigenvalue weighted by atomic mass is 19.1. The summed E-state index contributed by atoms with van der Waals surface area (Å²) in [6.07, 6.45) is -2.38. The molecule has 92 valence electrons. The van der Waals surface area contributed by atoms with Gasteiger partial charge >= 0.3 is 0 Å². The van der Waals surface area contributed by atoms with Crippen molar-refractivity contribution in [3.8, 4) is 0 Å². The Kier molecular flexibility index (Phi) is 4.04. The number of ketones is 2. The first kappa shape index (κ1) is 13.4.